The fourth-order valence-electron chi connectivity index (χ4n) is 1.82. The van der Waals surface area contributed by atoms with Gasteiger partial charge in [-0.1, -0.05) is 40.2 Å². The monoisotopic (exact) mass is 412 g/mol. The summed E-state index contributed by atoms with van der Waals surface area (Å²) in [6.07, 6.45) is 2.22. The van der Waals surface area contributed by atoms with Gasteiger partial charge in [-0.15, -0.1) is 0 Å². The van der Waals surface area contributed by atoms with Crippen LogP contribution >= 0.6 is 15.9 Å². The number of halogens is 2. The molecule has 126 valence electrons. The average molecular weight is 413 g/mol. The summed E-state index contributed by atoms with van der Waals surface area (Å²) in [6.45, 7) is 5.22. The quantitative estimate of drug-likeness (QED) is 0.446. The highest BCUT2D eigenvalue weighted by molar-refractivity contribution is 9.10. The maximum Gasteiger partial charge on any atom is 0.276 e. The van der Waals surface area contributed by atoms with Crippen molar-refractivity contribution >= 4 is 32.2 Å². The summed E-state index contributed by atoms with van der Waals surface area (Å²) in [5.74, 6) is -0.737. The van der Waals surface area contributed by atoms with Gasteiger partial charge in [0.15, 0.2) is 11.6 Å². The minimum atomic E-state index is -3.81. The summed E-state index contributed by atoms with van der Waals surface area (Å²) in [5, 5.41) is 3.67. The molecule has 0 aliphatic carbocycles. The van der Waals surface area contributed by atoms with E-state index in [0.29, 0.717) is 4.47 Å². The Balaban J connectivity index is 2.25. The Kier molecular flexibility index (Phi) is 5.74. The predicted molar refractivity (Wildman–Crippen MR) is 94.0 cm³/mol. The van der Waals surface area contributed by atoms with Gasteiger partial charge in [-0.05, 0) is 31.2 Å². The number of sulfonamides is 1. The van der Waals surface area contributed by atoms with Gasteiger partial charge in [0.25, 0.3) is 10.0 Å². The molecule has 2 rings (SSSR count). The lowest BCUT2D eigenvalue weighted by atomic mass is 10.2. The molecule has 2 aromatic rings. The van der Waals surface area contributed by atoms with Crippen molar-refractivity contribution in [2.75, 3.05) is 0 Å². The first-order chi connectivity index (χ1) is 11.3. The van der Waals surface area contributed by atoms with Crippen molar-refractivity contribution in [2.45, 2.75) is 11.8 Å². The molecule has 0 saturated carbocycles. The topological polar surface area (TPSA) is 67.8 Å². The van der Waals surface area contributed by atoms with E-state index in [4.69, 9.17) is 4.74 Å². The van der Waals surface area contributed by atoms with Crippen LogP contribution < -0.4 is 9.57 Å². The van der Waals surface area contributed by atoms with E-state index in [-0.39, 0.29) is 16.2 Å². The summed E-state index contributed by atoms with van der Waals surface area (Å²) in [7, 11) is -3.81. The molecular weight excluding hydrogens is 399 g/mol. The van der Waals surface area contributed by atoms with Crippen molar-refractivity contribution in [1.82, 2.24) is 4.83 Å². The first-order valence-electron chi connectivity index (χ1n) is 6.71. The molecule has 0 unspecified atom stereocenters. The molecule has 5 nitrogen and oxygen atoms in total. The van der Waals surface area contributed by atoms with E-state index in [0.717, 1.165) is 18.0 Å². The minimum absolute atomic E-state index is 0.0771. The molecule has 24 heavy (non-hydrogen) atoms. The van der Waals surface area contributed by atoms with Crippen LogP contribution in [0, 0.1) is 12.7 Å². The lowest BCUT2D eigenvalue weighted by molar-refractivity contribution is 0.441. The molecule has 0 aromatic heterocycles. The van der Waals surface area contributed by atoms with Crippen LogP contribution in [-0.4, -0.2) is 14.6 Å². The molecule has 0 radical (unpaired) electrons. The third-order valence-corrected chi connectivity index (χ3v) is 4.64. The average Bonchev–Trinajstić information content (AvgIpc) is 2.51. The molecule has 0 saturated heterocycles. The van der Waals surface area contributed by atoms with Crippen LogP contribution in [-0.2, 0) is 10.0 Å². The van der Waals surface area contributed by atoms with Gasteiger partial charge in [0, 0.05) is 10.0 Å². The van der Waals surface area contributed by atoms with Crippen molar-refractivity contribution in [3.05, 3.63) is 70.7 Å². The number of ether oxygens (including phenoxy) is 1. The standard InChI is InChI=1S/C16H14BrFN2O3S/c1-3-23-16-12(8-13(17)9-15(16)18)10-19-20-24(21,22)14-6-4-11(2)5-7-14/h3-10,20H,1H2,2H3/b19-10-. The van der Waals surface area contributed by atoms with Gasteiger partial charge in [-0.3, -0.25) is 0 Å². The van der Waals surface area contributed by atoms with E-state index in [1.54, 1.807) is 12.1 Å². The number of hydrazone groups is 1. The van der Waals surface area contributed by atoms with Gasteiger partial charge in [-0.25, -0.2) is 9.22 Å². The fourth-order valence-corrected chi connectivity index (χ4v) is 3.06. The number of hydrogen-bond acceptors (Lipinski definition) is 4. The van der Waals surface area contributed by atoms with E-state index in [9.17, 15) is 12.8 Å². The van der Waals surface area contributed by atoms with Crippen molar-refractivity contribution in [3.8, 4) is 5.75 Å². The van der Waals surface area contributed by atoms with E-state index < -0.39 is 15.8 Å². The normalized spacial score (nSPS) is 11.5. The maximum absolute atomic E-state index is 13.9. The first-order valence-corrected chi connectivity index (χ1v) is 8.99. The van der Waals surface area contributed by atoms with Crippen LogP contribution in [0.1, 0.15) is 11.1 Å². The first kappa shape index (κ1) is 18.2. The van der Waals surface area contributed by atoms with E-state index in [1.807, 2.05) is 6.92 Å². The Morgan fingerprint density at radius 3 is 2.58 bits per heavy atom. The Morgan fingerprint density at radius 2 is 1.96 bits per heavy atom. The molecule has 0 amide bonds. The van der Waals surface area contributed by atoms with Crippen LogP contribution in [0.25, 0.3) is 0 Å². The molecule has 8 heteroatoms. The number of nitrogens with zero attached hydrogens (tertiary/aromatic N) is 1. The van der Waals surface area contributed by atoms with Crippen LogP contribution in [0.5, 0.6) is 5.75 Å². The zero-order chi connectivity index (χ0) is 17.7. The summed E-state index contributed by atoms with van der Waals surface area (Å²) in [6, 6.07) is 9.05. The highest BCUT2D eigenvalue weighted by Gasteiger charge is 2.13. The molecule has 0 atom stereocenters. The molecule has 0 fully saturated rings. The Morgan fingerprint density at radius 1 is 1.29 bits per heavy atom. The molecule has 0 bridgehead atoms. The van der Waals surface area contributed by atoms with Crippen molar-refractivity contribution in [1.29, 1.82) is 0 Å². The van der Waals surface area contributed by atoms with E-state index in [2.05, 4.69) is 32.4 Å². The zero-order valence-electron chi connectivity index (χ0n) is 12.7. The highest BCUT2D eigenvalue weighted by Crippen LogP contribution is 2.26. The van der Waals surface area contributed by atoms with E-state index >= 15 is 0 Å². The Hall–Kier alpha value is -2.19. The molecule has 2 aromatic carbocycles. The van der Waals surface area contributed by atoms with Crippen LogP contribution in [0.4, 0.5) is 4.39 Å². The molecular formula is C16H14BrFN2O3S. The largest absolute Gasteiger partial charge is 0.462 e. The fraction of sp³-hybridized carbons (Fsp3) is 0.0625. The van der Waals surface area contributed by atoms with E-state index in [1.165, 1.54) is 24.3 Å². The van der Waals surface area contributed by atoms with Crippen molar-refractivity contribution < 1.29 is 17.5 Å². The van der Waals surface area contributed by atoms with Gasteiger partial charge < -0.3 is 4.74 Å². The third-order valence-electron chi connectivity index (χ3n) is 2.95. The molecule has 1 N–H and O–H groups in total. The minimum Gasteiger partial charge on any atom is -0.462 e. The van der Waals surface area contributed by atoms with Crippen LogP contribution in [0.15, 0.2) is 63.7 Å². The van der Waals surface area contributed by atoms with Gasteiger partial charge in [-0.2, -0.15) is 13.5 Å². The lowest BCUT2D eigenvalue weighted by Crippen LogP contribution is -2.18. The number of aryl methyl sites for hydroxylation is 1. The highest BCUT2D eigenvalue weighted by atomic mass is 79.9. The molecule has 0 heterocycles. The van der Waals surface area contributed by atoms with Crippen molar-refractivity contribution in [2.24, 2.45) is 5.10 Å². The molecule has 0 spiro atoms. The van der Waals surface area contributed by atoms with Crippen molar-refractivity contribution in [3.63, 3.8) is 0 Å². The number of rotatable bonds is 6. The van der Waals surface area contributed by atoms with Crippen LogP contribution in [0.2, 0.25) is 0 Å². The lowest BCUT2D eigenvalue weighted by Gasteiger charge is -2.07. The van der Waals surface area contributed by atoms with Gasteiger partial charge >= 0.3 is 0 Å². The molecule has 0 aliphatic rings. The SMILES string of the molecule is C=COc1c(F)cc(Br)cc1/C=N\NS(=O)(=O)c1ccc(C)cc1. The summed E-state index contributed by atoms with van der Waals surface area (Å²) < 4.78 is 43.6. The maximum atomic E-state index is 13.9. The second-order valence-corrected chi connectivity index (χ2v) is 7.33. The summed E-state index contributed by atoms with van der Waals surface area (Å²) in [5.41, 5.74) is 1.18. The third kappa shape index (κ3) is 4.42. The summed E-state index contributed by atoms with van der Waals surface area (Å²) in [4.78, 5) is 2.15. The number of nitrogens with one attached hydrogen (secondary N) is 1. The Labute approximate surface area is 148 Å². The second-order valence-electron chi connectivity index (χ2n) is 4.76. The predicted octanol–water partition coefficient (Wildman–Crippen LogP) is 3.73. The smallest absolute Gasteiger partial charge is 0.276 e. The van der Waals surface area contributed by atoms with Gasteiger partial charge in [0.05, 0.1) is 17.4 Å². The number of hydrogen-bond donors (Lipinski definition) is 1. The summed E-state index contributed by atoms with van der Waals surface area (Å²) >= 11 is 3.15. The van der Waals surface area contributed by atoms with Gasteiger partial charge in [0.2, 0.25) is 0 Å². The van der Waals surface area contributed by atoms with Gasteiger partial charge in [0.1, 0.15) is 0 Å². The molecule has 0 aliphatic heterocycles. The Bertz CT molecular complexity index is 881. The number of benzene rings is 2. The zero-order valence-corrected chi connectivity index (χ0v) is 15.1. The second kappa shape index (κ2) is 7.59. The van der Waals surface area contributed by atoms with Crippen LogP contribution in [0.3, 0.4) is 0 Å².